The third kappa shape index (κ3) is 4.88. The van der Waals surface area contributed by atoms with E-state index < -0.39 is 0 Å². The summed E-state index contributed by atoms with van der Waals surface area (Å²) in [6, 6.07) is 10.1. The molecular formula is C20H25FN2O. The van der Waals surface area contributed by atoms with Gasteiger partial charge in [0.1, 0.15) is 5.82 Å². The maximum absolute atomic E-state index is 13.3. The Morgan fingerprint density at radius 2 is 1.79 bits per heavy atom. The lowest BCUT2D eigenvalue weighted by Crippen LogP contribution is -2.37. The first-order valence-electron chi connectivity index (χ1n) is 8.58. The van der Waals surface area contributed by atoms with Gasteiger partial charge in [-0.05, 0) is 48.6 Å². The molecule has 1 amide bonds. The molecule has 0 aliphatic heterocycles. The van der Waals surface area contributed by atoms with Gasteiger partial charge in [-0.25, -0.2) is 4.39 Å². The number of carbonyl (C=O) groups excluding carboxylic acids is 1. The van der Waals surface area contributed by atoms with E-state index in [0.717, 1.165) is 37.1 Å². The maximum Gasteiger partial charge on any atom is 0.230 e. The second-order valence-electron chi connectivity index (χ2n) is 5.99. The SMILES string of the molecule is CCCN(CCC)C(=O)C(Cc1cccnc1)c1ccc(F)cc1. The fraction of sp³-hybridized carbons (Fsp3) is 0.400. The van der Waals surface area contributed by atoms with Gasteiger partial charge in [0.2, 0.25) is 5.91 Å². The number of amides is 1. The molecule has 4 heteroatoms. The van der Waals surface area contributed by atoms with E-state index in [-0.39, 0.29) is 17.6 Å². The number of rotatable bonds is 8. The first-order chi connectivity index (χ1) is 11.7. The fourth-order valence-electron chi connectivity index (χ4n) is 2.89. The van der Waals surface area contributed by atoms with Gasteiger partial charge in [0.15, 0.2) is 0 Å². The second-order valence-corrected chi connectivity index (χ2v) is 5.99. The van der Waals surface area contributed by atoms with Crippen molar-refractivity contribution in [2.75, 3.05) is 13.1 Å². The van der Waals surface area contributed by atoms with Crippen LogP contribution in [0.2, 0.25) is 0 Å². The molecule has 0 saturated heterocycles. The van der Waals surface area contributed by atoms with Crippen LogP contribution in [0.5, 0.6) is 0 Å². The minimum absolute atomic E-state index is 0.106. The Balaban J connectivity index is 2.30. The highest BCUT2D eigenvalue weighted by Crippen LogP contribution is 2.24. The van der Waals surface area contributed by atoms with Crippen molar-refractivity contribution in [2.24, 2.45) is 0 Å². The Labute approximate surface area is 143 Å². The largest absolute Gasteiger partial charge is 0.342 e. The number of carbonyl (C=O) groups is 1. The molecule has 1 atom stereocenters. The van der Waals surface area contributed by atoms with Gasteiger partial charge in [-0.2, -0.15) is 0 Å². The Morgan fingerprint density at radius 1 is 1.12 bits per heavy atom. The molecule has 0 spiro atoms. The van der Waals surface area contributed by atoms with Crippen molar-refractivity contribution in [1.29, 1.82) is 0 Å². The molecule has 1 aromatic carbocycles. The van der Waals surface area contributed by atoms with Crippen molar-refractivity contribution in [3.8, 4) is 0 Å². The van der Waals surface area contributed by atoms with Crippen molar-refractivity contribution < 1.29 is 9.18 Å². The quantitative estimate of drug-likeness (QED) is 0.728. The van der Waals surface area contributed by atoms with Crippen molar-refractivity contribution >= 4 is 5.91 Å². The monoisotopic (exact) mass is 328 g/mol. The Kier molecular flexibility index (Phi) is 6.91. The average Bonchev–Trinajstić information content (AvgIpc) is 2.61. The maximum atomic E-state index is 13.3. The third-order valence-electron chi connectivity index (χ3n) is 4.03. The van der Waals surface area contributed by atoms with E-state index in [9.17, 15) is 9.18 Å². The zero-order valence-corrected chi connectivity index (χ0v) is 14.4. The minimum Gasteiger partial charge on any atom is -0.342 e. The number of halogens is 1. The summed E-state index contributed by atoms with van der Waals surface area (Å²) in [4.78, 5) is 19.2. The summed E-state index contributed by atoms with van der Waals surface area (Å²) in [6.45, 7) is 5.64. The minimum atomic E-state index is -0.312. The number of hydrogen-bond acceptors (Lipinski definition) is 2. The number of aromatic nitrogens is 1. The van der Waals surface area contributed by atoms with Gasteiger partial charge in [-0.3, -0.25) is 9.78 Å². The Bertz CT molecular complexity index is 622. The van der Waals surface area contributed by atoms with Gasteiger partial charge in [0.05, 0.1) is 5.92 Å². The first kappa shape index (κ1) is 18.1. The first-order valence-corrected chi connectivity index (χ1v) is 8.58. The number of benzene rings is 1. The van der Waals surface area contributed by atoms with E-state index in [4.69, 9.17) is 0 Å². The third-order valence-corrected chi connectivity index (χ3v) is 4.03. The molecule has 1 unspecified atom stereocenters. The molecule has 1 aromatic heterocycles. The van der Waals surface area contributed by atoms with Gasteiger partial charge in [0, 0.05) is 25.5 Å². The van der Waals surface area contributed by atoms with E-state index in [1.807, 2.05) is 17.0 Å². The van der Waals surface area contributed by atoms with E-state index >= 15 is 0 Å². The lowest BCUT2D eigenvalue weighted by atomic mass is 9.91. The predicted molar refractivity (Wildman–Crippen MR) is 94.2 cm³/mol. The molecule has 1 heterocycles. The zero-order chi connectivity index (χ0) is 17.4. The number of nitrogens with zero attached hydrogens (tertiary/aromatic N) is 2. The molecule has 0 radical (unpaired) electrons. The highest BCUT2D eigenvalue weighted by atomic mass is 19.1. The average molecular weight is 328 g/mol. The number of pyridine rings is 1. The summed E-state index contributed by atoms with van der Waals surface area (Å²) < 4.78 is 13.3. The van der Waals surface area contributed by atoms with E-state index in [2.05, 4.69) is 18.8 Å². The summed E-state index contributed by atoms with van der Waals surface area (Å²) in [6.07, 6.45) is 5.93. The van der Waals surface area contributed by atoms with Crippen molar-refractivity contribution in [1.82, 2.24) is 9.88 Å². The molecule has 0 bridgehead atoms. The second kappa shape index (κ2) is 9.16. The fourth-order valence-corrected chi connectivity index (χ4v) is 2.89. The highest BCUT2D eigenvalue weighted by Gasteiger charge is 2.25. The number of hydrogen-bond donors (Lipinski definition) is 0. The molecule has 0 fully saturated rings. The van der Waals surface area contributed by atoms with E-state index in [0.29, 0.717) is 6.42 Å². The molecule has 0 N–H and O–H groups in total. The standard InChI is InChI=1S/C20H25FN2O/c1-3-12-23(13-4-2)20(24)19(14-16-6-5-11-22-15-16)17-7-9-18(21)10-8-17/h5-11,15,19H,3-4,12-14H2,1-2H3. The summed E-state index contributed by atoms with van der Waals surface area (Å²) in [5.41, 5.74) is 1.86. The summed E-state index contributed by atoms with van der Waals surface area (Å²) in [5, 5.41) is 0. The Hall–Kier alpha value is -2.23. The van der Waals surface area contributed by atoms with Crippen LogP contribution in [-0.2, 0) is 11.2 Å². The van der Waals surface area contributed by atoms with Gasteiger partial charge in [-0.1, -0.05) is 32.0 Å². The predicted octanol–water partition coefficient (Wildman–Crippen LogP) is 4.20. The molecule has 0 aliphatic rings. The van der Waals surface area contributed by atoms with Crippen LogP contribution >= 0.6 is 0 Å². The molecule has 3 nitrogen and oxygen atoms in total. The lowest BCUT2D eigenvalue weighted by Gasteiger charge is -2.27. The summed E-state index contributed by atoms with van der Waals surface area (Å²) >= 11 is 0. The van der Waals surface area contributed by atoms with Crippen LogP contribution in [0.1, 0.15) is 43.7 Å². The molecule has 0 saturated carbocycles. The van der Waals surface area contributed by atoms with E-state index in [1.54, 1.807) is 24.5 Å². The van der Waals surface area contributed by atoms with Crippen molar-refractivity contribution in [3.63, 3.8) is 0 Å². The highest BCUT2D eigenvalue weighted by molar-refractivity contribution is 5.84. The van der Waals surface area contributed by atoms with Crippen LogP contribution in [-0.4, -0.2) is 28.9 Å². The van der Waals surface area contributed by atoms with Crippen LogP contribution in [0.25, 0.3) is 0 Å². The smallest absolute Gasteiger partial charge is 0.230 e. The molecule has 2 aromatic rings. The van der Waals surface area contributed by atoms with Crippen LogP contribution in [0.3, 0.4) is 0 Å². The summed E-state index contributed by atoms with van der Waals surface area (Å²) in [7, 11) is 0. The molecule has 0 aliphatic carbocycles. The van der Waals surface area contributed by atoms with Crippen LogP contribution < -0.4 is 0 Å². The van der Waals surface area contributed by atoms with Crippen molar-refractivity contribution in [2.45, 2.75) is 39.0 Å². The molecule has 2 rings (SSSR count). The molecular weight excluding hydrogens is 303 g/mol. The van der Waals surface area contributed by atoms with E-state index in [1.165, 1.54) is 12.1 Å². The van der Waals surface area contributed by atoms with Gasteiger partial charge < -0.3 is 4.90 Å². The van der Waals surface area contributed by atoms with Gasteiger partial charge >= 0.3 is 0 Å². The Morgan fingerprint density at radius 3 is 2.33 bits per heavy atom. The zero-order valence-electron chi connectivity index (χ0n) is 14.4. The van der Waals surface area contributed by atoms with Crippen LogP contribution in [0, 0.1) is 5.82 Å². The van der Waals surface area contributed by atoms with Gasteiger partial charge in [0.25, 0.3) is 0 Å². The topological polar surface area (TPSA) is 33.2 Å². The summed E-state index contributed by atoms with van der Waals surface area (Å²) in [5.74, 6) is -0.493. The van der Waals surface area contributed by atoms with Crippen molar-refractivity contribution in [3.05, 3.63) is 65.7 Å². The van der Waals surface area contributed by atoms with Crippen LogP contribution in [0.15, 0.2) is 48.8 Å². The normalized spacial score (nSPS) is 12.0. The van der Waals surface area contributed by atoms with Crippen LogP contribution in [0.4, 0.5) is 4.39 Å². The molecule has 24 heavy (non-hydrogen) atoms. The molecule has 128 valence electrons. The van der Waals surface area contributed by atoms with Gasteiger partial charge in [-0.15, -0.1) is 0 Å². The lowest BCUT2D eigenvalue weighted by molar-refractivity contribution is -0.133.